The maximum atomic E-state index is 13.6. The lowest BCUT2D eigenvalue weighted by atomic mass is 9.63. The molecule has 0 spiro atoms. The highest BCUT2D eigenvalue weighted by molar-refractivity contribution is 6.45. The quantitative estimate of drug-likeness (QED) is 0.140. The maximum Gasteiger partial charge on any atom is 0.363 e. The number of benzene rings is 2. The fourth-order valence-electron chi connectivity index (χ4n) is 4.89. The number of rotatable bonds is 9. The third kappa shape index (κ3) is 6.58. The average Bonchev–Trinajstić information content (AvgIpc) is 2.88. The van der Waals surface area contributed by atoms with E-state index < -0.39 is 18.1 Å². The van der Waals surface area contributed by atoms with E-state index in [1.54, 1.807) is 36.4 Å². The van der Waals surface area contributed by atoms with Gasteiger partial charge in [-0.15, -0.1) is 5.06 Å². The number of hydroxylamine groups is 2. The minimum absolute atomic E-state index is 0.0180. The zero-order valence-corrected chi connectivity index (χ0v) is 22.7. The first-order valence-corrected chi connectivity index (χ1v) is 13.2. The van der Waals surface area contributed by atoms with E-state index in [-0.39, 0.29) is 28.5 Å². The number of unbranched alkanes of at least 4 members (excludes halogenated alkanes) is 3. The van der Waals surface area contributed by atoms with Gasteiger partial charge in [0.05, 0.1) is 5.56 Å². The lowest BCUT2D eigenvalue weighted by Crippen LogP contribution is -2.45. The molecule has 2 aromatic carbocycles. The van der Waals surface area contributed by atoms with E-state index in [1.807, 2.05) is 12.1 Å². The molecule has 1 unspecified atom stereocenters. The summed E-state index contributed by atoms with van der Waals surface area (Å²) in [5, 5.41) is 24.8. The van der Waals surface area contributed by atoms with Crippen LogP contribution in [0.1, 0.15) is 107 Å². The van der Waals surface area contributed by atoms with Crippen molar-refractivity contribution >= 4 is 17.6 Å². The van der Waals surface area contributed by atoms with Gasteiger partial charge in [0.15, 0.2) is 11.9 Å². The molecule has 0 fully saturated rings. The molecule has 7 heteroatoms. The number of aliphatic hydroxyl groups excluding tert-OH is 1. The van der Waals surface area contributed by atoms with E-state index in [1.165, 1.54) is 5.56 Å². The molecule has 0 bridgehead atoms. The van der Waals surface area contributed by atoms with Crippen molar-refractivity contribution < 1.29 is 24.7 Å². The Balaban J connectivity index is 1.94. The molecule has 0 saturated heterocycles. The smallest absolute Gasteiger partial charge is 0.363 e. The summed E-state index contributed by atoms with van der Waals surface area (Å²) in [7, 11) is 0. The van der Waals surface area contributed by atoms with Crippen LogP contribution < -0.4 is 0 Å². The van der Waals surface area contributed by atoms with Gasteiger partial charge >= 0.3 is 11.9 Å². The largest absolute Gasteiger partial charge is 0.410 e. The normalized spacial score (nSPS) is 17.0. The van der Waals surface area contributed by atoms with Crippen molar-refractivity contribution in [3.8, 4) is 0 Å². The van der Waals surface area contributed by atoms with Gasteiger partial charge < -0.3 is 15.2 Å². The number of aliphatic hydroxyl groups is 1. The SMILES string of the molecule is CCCCCCC(O)N(OC(=O)c1ccccc1)C(=O)C(=NO)c1ccc2c(c1)C(C)(C)CCC2(C)C. The van der Waals surface area contributed by atoms with E-state index in [2.05, 4.69) is 39.8 Å². The minimum atomic E-state index is -1.39. The number of oxime groups is 1. The number of carbonyl (C=O) groups is 2. The summed E-state index contributed by atoms with van der Waals surface area (Å²) < 4.78 is 0. The molecule has 3 rings (SSSR count). The first-order chi connectivity index (χ1) is 17.5. The molecule has 200 valence electrons. The van der Waals surface area contributed by atoms with Crippen LogP contribution in [0.3, 0.4) is 0 Å². The van der Waals surface area contributed by atoms with Gasteiger partial charge in [-0.25, -0.2) is 4.79 Å². The lowest BCUT2D eigenvalue weighted by molar-refractivity contribution is -0.201. The van der Waals surface area contributed by atoms with Crippen molar-refractivity contribution in [2.24, 2.45) is 5.16 Å². The second-order valence-corrected chi connectivity index (χ2v) is 11.2. The maximum absolute atomic E-state index is 13.6. The Kier molecular flexibility index (Phi) is 9.13. The van der Waals surface area contributed by atoms with Gasteiger partial charge in [0.2, 0.25) is 0 Å². The summed E-state index contributed by atoms with van der Waals surface area (Å²) in [5.74, 6) is -1.67. The van der Waals surface area contributed by atoms with E-state index in [0.29, 0.717) is 17.0 Å². The fourth-order valence-corrected chi connectivity index (χ4v) is 4.89. The zero-order chi connectivity index (χ0) is 27.2. The highest BCUT2D eigenvalue weighted by Gasteiger charge is 2.38. The van der Waals surface area contributed by atoms with Crippen molar-refractivity contribution in [3.05, 3.63) is 70.8 Å². The van der Waals surface area contributed by atoms with E-state index in [0.717, 1.165) is 37.7 Å². The van der Waals surface area contributed by atoms with Crippen molar-refractivity contribution in [2.45, 2.75) is 96.6 Å². The number of nitrogens with zero attached hydrogens (tertiary/aromatic N) is 2. The summed E-state index contributed by atoms with van der Waals surface area (Å²) >= 11 is 0. The fraction of sp³-hybridized carbons (Fsp3) is 0.500. The Hall–Kier alpha value is -3.19. The Labute approximate surface area is 220 Å². The van der Waals surface area contributed by atoms with E-state index in [9.17, 15) is 19.9 Å². The number of hydrogen-bond donors (Lipinski definition) is 2. The van der Waals surface area contributed by atoms with Gasteiger partial charge in [-0.05, 0) is 65.8 Å². The molecule has 1 atom stereocenters. The lowest BCUT2D eigenvalue weighted by Gasteiger charge is -2.42. The summed E-state index contributed by atoms with van der Waals surface area (Å²) in [6, 6.07) is 13.9. The molecule has 0 aliphatic heterocycles. The van der Waals surface area contributed by atoms with Crippen molar-refractivity contribution in [2.75, 3.05) is 0 Å². The van der Waals surface area contributed by atoms with Crippen LogP contribution in [0.5, 0.6) is 0 Å². The Bertz CT molecular complexity index is 1120. The molecule has 2 aromatic rings. The average molecular weight is 509 g/mol. The third-order valence-corrected chi connectivity index (χ3v) is 7.41. The predicted octanol–water partition coefficient (Wildman–Crippen LogP) is 6.10. The molecule has 1 amide bonds. The van der Waals surface area contributed by atoms with Gasteiger partial charge in [0, 0.05) is 5.56 Å². The van der Waals surface area contributed by atoms with Gasteiger partial charge in [-0.3, -0.25) is 4.79 Å². The molecule has 0 saturated carbocycles. The molecule has 7 nitrogen and oxygen atoms in total. The van der Waals surface area contributed by atoms with Crippen LogP contribution in [0.25, 0.3) is 0 Å². The van der Waals surface area contributed by atoms with E-state index in [4.69, 9.17) is 4.84 Å². The van der Waals surface area contributed by atoms with Crippen molar-refractivity contribution in [1.29, 1.82) is 0 Å². The van der Waals surface area contributed by atoms with Gasteiger partial charge in [-0.2, -0.15) is 0 Å². The van der Waals surface area contributed by atoms with Crippen LogP contribution >= 0.6 is 0 Å². The second kappa shape index (κ2) is 11.9. The Morgan fingerprint density at radius 2 is 1.59 bits per heavy atom. The molecule has 1 aliphatic rings. The monoisotopic (exact) mass is 508 g/mol. The summed E-state index contributed by atoms with van der Waals surface area (Å²) in [6.07, 6.45) is 4.39. The number of carbonyl (C=O) groups excluding carboxylic acids is 2. The Morgan fingerprint density at radius 1 is 0.946 bits per heavy atom. The van der Waals surface area contributed by atoms with Crippen LogP contribution in [-0.2, 0) is 20.5 Å². The standard InChI is InChI=1S/C30H40N2O5/c1-6-7-8-12-15-25(33)32(37-28(35)21-13-10-9-11-14-21)27(34)26(31-36)22-16-17-23-24(20-22)30(4,5)19-18-29(23,2)3/h9-11,13-14,16-17,20,25,33,36H,6-8,12,15,18-19H2,1-5H3. The zero-order valence-electron chi connectivity index (χ0n) is 22.7. The minimum Gasteiger partial charge on any atom is -0.410 e. The molecule has 1 aliphatic carbocycles. The van der Waals surface area contributed by atoms with Crippen LogP contribution in [0.15, 0.2) is 53.7 Å². The third-order valence-electron chi connectivity index (χ3n) is 7.41. The highest BCUT2D eigenvalue weighted by atomic mass is 16.7. The molecular weight excluding hydrogens is 468 g/mol. The number of amides is 1. The molecule has 0 aromatic heterocycles. The summed E-state index contributed by atoms with van der Waals surface area (Å²) in [5.41, 5.74) is 2.48. The number of hydrogen-bond acceptors (Lipinski definition) is 6. The first-order valence-electron chi connectivity index (χ1n) is 13.2. The van der Waals surface area contributed by atoms with E-state index >= 15 is 0 Å². The Morgan fingerprint density at radius 3 is 2.22 bits per heavy atom. The predicted molar refractivity (Wildman–Crippen MR) is 144 cm³/mol. The number of fused-ring (bicyclic) bond motifs is 1. The highest BCUT2D eigenvalue weighted by Crippen LogP contribution is 2.46. The van der Waals surface area contributed by atoms with Crippen LogP contribution in [0.4, 0.5) is 0 Å². The molecule has 2 N–H and O–H groups in total. The van der Waals surface area contributed by atoms with Crippen LogP contribution in [-0.4, -0.2) is 39.2 Å². The van der Waals surface area contributed by atoms with Gasteiger partial charge in [0.25, 0.3) is 0 Å². The topological polar surface area (TPSA) is 99.4 Å². The second-order valence-electron chi connectivity index (χ2n) is 11.2. The molecule has 0 heterocycles. The molecule has 0 radical (unpaired) electrons. The van der Waals surface area contributed by atoms with Crippen molar-refractivity contribution in [1.82, 2.24) is 5.06 Å². The summed E-state index contributed by atoms with van der Waals surface area (Å²) in [4.78, 5) is 31.8. The van der Waals surface area contributed by atoms with Crippen LogP contribution in [0, 0.1) is 0 Å². The molecular formula is C30H40N2O5. The van der Waals surface area contributed by atoms with Crippen LogP contribution in [0.2, 0.25) is 0 Å². The van der Waals surface area contributed by atoms with Gasteiger partial charge in [-0.1, -0.05) is 89.4 Å². The first kappa shape index (κ1) is 28.4. The molecule has 37 heavy (non-hydrogen) atoms. The summed E-state index contributed by atoms with van der Waals surface area (Å²) in [6.45, 7) is 10.8. The van der Waals surface area contributed by atoms with Crippen molar-refractivity contribution in [3.63, 3.8) is 0 Å². The van der Waals surface area contributed by atoms with Gasteiger partial charge in [0.1, 0.15) is 0 Å².